The molecular weight excluding hydrogens is 260 g/mol. The monoisotopic (exact) mass is 290 g/mol. The van der Waals surface area contributed by atoms with Gasteiger partial charge in [-0.15, -0.1) is 0 Å². The van der Waals surface area contributed by atoms with E-state index < -0.39 is 0 Å². The van der Waals surface area contributed by atoms with Gasteiger partial charge in [0.25, 0.3) is 0 Å². The molecule has 1 unspecified atom stereocenters. The summed E-state index contributed by atoms with van der Waals surface area (Å²) in [4.78, 5) is 4.92. The van der Waals surface area contributed by atoms with Crippen LogP contribution in [0.4, 0.5) is 5.69 Å². The zero-order chi connectivity index (χ0) is 15.2. The third-order valence-electron chi connectivity index (χ3n) is 4.35. The molecule has 1 heterocycles. The second-order valence-corrected chi connectivity index (χ2v) is 6.57. The highest BCUT2D eigenvalue weighted by atomic mass is 15.2. The van der Waals surface area contributed by atoms with Crippen molar-refractivity contribution < 1.29 is 0 Å². The first-order valence-corrected chi connectivity index (χ1v) is 8.04. The summed E-state index contributed by atoms with van der Waals surface area (Å²) >= 11 is 0. The predicted octanol–water partition coefficient (Wildman–Crippen LogP) is 1.83. The predicted molar refractivity (Wildman–Crippen MR) is 90.5 cm³/mol. The molecule has 2 rings (SSSR count). The molecule has 0 radical (unpaired) electrons. The molecule has 0 aromatic heterocycles. The van der Waals surface area contributed by atoms with Crippen molar-refractivity contribution in [2.24, 2.45) is 11.7 Å². The van der Waals surface area contributed by atoms with Gasteiger partial charge in [0.2, 0.25) is 0 Å². The van der Waals surface area contributed by atoms with Crippen molar-refractivity contribution in [3.63, 3.8) is 0 Å². The zero-order valence-corrected chi connectivity index (χ0v) is 13.7. The van der Waals surface area contributed by atoms with Crippen LogP contribution in [0.15, 0.2) is 24.3 Å². The summed E-state index contributed by atoms with van der Waals surface area (Å²) in [6, 6.07) is 8.98. The first kappa shape index (κ1) is 16.3. The Morgan fingerprint density at radius 1 is 1.10 bits per heavy atom. The SMILES string of the molecule is CC(C)C(N)CNc1ccc(CN2CCN(C)CC2)cc1. The van der Waals surface area contributed by atoms with Crippen LogP contribution in [0.2, 0.25) is 0 Å². The maximum atomic E-state index is 6.06. The molecule has 21 heavy (non-hydrogen) atoms. The number of anilines is 1. The number of nitrogens with two attached hydrogens (primary N) is 1. The molecule has 0 aliphatic carbocycles. The minimum atomic E-state index is 0.204. The summed E-state index contributed by atoms with van der Waals surface area (Å²) in [6.07, 6.45) is 0. The van der Waals surface area contributed by atoms with Gasteiger partial charge in [0, 0.05) is 51.0 Å². The highest BCUT2D eigenvalue weighted by molar-refractivity contribution is 5.44. The van der Waals surface area contributed by atoms with Gasteiger partial charge in [-0.3, -0.25) is 4.90 Å². The van der Waals surface area contributed by atoms with E-state index >= 15 is 0 Å². The van der Waals surface area contributed by atoms with E-state index in [0.717, 1.165) is 18.8 Å². The lowest BCUT2D eigenvalue weighted by atomic mass is 10.1. The molecule has 0 amide bonds. The topological polar surface area (TPSA) is 44.5 Å². The molecule has 1 aromatic rings. The summed E-state index contributed by atoms with van der Waals surface area (Å²) in [6.45, 7) is 10.9. The molecule has 0 bridgehead atoms. The molecule has 118 valence electrons. The van der Waals surface area contributed by atoms with Gasteiger partial charge in [-0.05, 0) is 30.7 Å². The Labute approximate surface area is 129 Å². The zero-order valence-electron chi connectivity index (χ0n) is 13.7. The molecule has 3 N–H and O–H groups in total. The molecule has 0 spiro atoms. The van der Waals surface area contributed by atoms with E-state index in [-0.39, 0.29) is 6.04 Å². The van der Waals surface area contributed by atoms with Gasteiger partial charge in [0.1, 0.15) is 0 Å². The summed E-state index contributed by atoms with van der Waals surface area (Å²) in [5.41, 5.74) is 8.60. The summed E-state index contributed by atoms with van der Waals surface area (Å²) < 4.78 is 0. The van der Waals surface area contributed by atoms with Crippen molar-refractivity contribution >= 4 is 5.69 Å². The number of nitrogens with one attached hydrogen (secondary N) is 1. The molecule has 1 aliphatic rings. The first-order chi connectivity index (χ1) is 10.0. The average molecular weight is 290 g/mol. The van der Waals surface area contributed by atoms with Crippen molar-refractivity contribution in [2.45, 2.75) is 26.4 Å². The highest BCUT2D eigenvalue weighted by Gasteiger charge is 2.13. The van der Waals surface area contributed by atoms with E-state index in [1.54, 1.807) is 0 Å². The quantitative estimate of drug-likeness (QED) is 0.839. The Balaban J connectivity index is 1.79. The fourth-order valence-electron chi connectivity index (χ4n) is 2.46. The third-order valence-corrected chi connectivity index (χ3v) is 4.35. The molecule has 1 fully saturated rings. The molecule has 1 saturated heterocycles. The van der Waals surface area contributed by atoms with Crippen molar-refractivity contribution in [2.75, 3.05) is 45.1 Å². The normalized spacial score (nSPS) is 18.9. The van der Waals surface area contributed by atoms with Crippen LogP contribution in [-0.4, -0.2) is 55.6 Å². The van der Waals surface area contributed by atoms with Gasteiger partial charge in [0.15, 0.2) is 0 Å². The van der Waals surface area contributed by atoms with Crippen LogP contribution >= 0.6 is 0 Å². The van der Waals surface area contributed by atoms with E-state index in [0.29, 0.717) is 5.92 Å². The number of rotatable bonds is 6. The smallest absolute Gasteiger partial charge is 0.0340 e. The molecular formula is C17H30N4. The number of hydrogen-bond acceptors (Lipinski definition) is 4. The molecule has 1 aliphatic heterocycles. The Bertz CT molecular complexity index is 407. The Kier molecular flexibility index (Phi) is 6.03. The van der Waals surface area contributed by atoms with Gasteiger partial charge in [0.05, 0.1) is 0 Å². The van der Waals surface area contributed by atoms with E-state index in [1.807, 2.05) is 0 Å². The van der Waals surface area contributed by atoms with Gasteiger partial charge < -0.3 is 16.0 Å². The van der Waals surface area contributed by atoms with Crippen LogP contribution in [0.25, 0.3) is 0 Å². The van der Waals surface area contributed by atoms with E-state index in [1.165, 1.54) is 31.7 Å². The number of likely N-dealkylation sites (N-methyl/N-ethyl adjacent to an activating group) is 1. The fourth-order valence-corrected chi connectivity index (χ4v) is 2.46. The van der Waals surface area contributed by atoms with E-state index in [2.05, 4.69) is 60.3 Å². The third kappa shape index (κ3) is 5.30. The molecule has 0 saturated carbocycles. The molecule has 4 heteroatoms. The lowest BCUT2D eigenvalue weighted by molar-refractivity contribution is 0.148. The van der Waals surface area contributed by atoms with Crippen molar-refractivity contribution in [1.82, 2.24) is 9.80 Å². The lowest BCUT2D eigenvalue weighted by Gasteiger charge is -2.32. The first-order valence-electron chi connectivity index (χ1n) is 8.04. The van der Waals surface area contributed by atoms with Gasteiger partial charge >= 0.3 is 0 Å². The van der Waals surface area contributed by atoms with Crippen molar-refractivity contribution in [3.8, 4) is 0 Å². The van der Waals surface area contributed by atoms with Crippen LogP contribution in [0.1, 0.15) is 19.4 Å². The minimum Gasteiger partial charge on any atom is -0.383 e. The van der Waals surface area contributed by atoms with Crippen molar-refractivity contribution in [3.05, 3.63) is 29.8 Å². The van der Waals surface area contributed by atoms with E-state index in [9.17, 15) is 0 Å². The maximum absolute atomic E-state index is 6.06. The van der Waals surface area contributed by atoms with Crippen molar-refractivity contribution in [1.29, 1.82) is 0 Å². The number of hydrogen-bond donors (Lipinski definition) is 2. The summed E-state index contributed by atoms with van der Waals surface area (Å²) in [7, 11) is 2.19. The van der Waals surface area contributed by atoms with Crippen LogP contribution in [0.3, 0.4) is 0 Å². The Hall–Kier alpha value is -1.10. The Morgan fingerprint density at radius 2 is 1.71 bits per heavy atom. The molecule has 1 aromatic carbocycles. The maximum Gasteiger partial charge on any atom is 0.0340 e. The van der Waals surface area contributed by atoms with Gasteiger partial charge in [-0.25, -0.2) is 0 Å². The number of nitrogens with zero attached hydrogens (tertiary/aromatic N) is 2. The van der Waals surface area contributed by atoms with E-state index in [4.69, 9.17) is 5.73 Å². The highest BCUT2D eigenvalue weighted by Crippen LogP contribution is 2.13. The summed E-state index contributed by atoms with van der Waals surface area (Å²) in [5.74, 6) is 0.508. The number of piperazine rings is 1. The molecule has 4 nitrogen and oxygen atoms in total. The van der Waals surface area contributed by atoms with Crippen LogP contribution < -0.4 is 11.1 Å². The average Bonchev–Trinajstić information content (AvgIpc) is 2.48. The lowest BCUT2D eigenvalue weighted by Crippen LogP contribution is -2.43. The number of benzene rings is 1. The van der Waals surface area contributed by atoms with Gasteiger partial charge in [-0.2, -0.15) is 0 Å². The molecule has 1 atom stereocenters. The fraction of sp³-hybridized carbons (Fsp3) is 0.647. The largest absolute Gasteiger partial charge is 0.383 e. The standard InChI is InChI=1S/C17H30N4/c1-14(2)17(18)12-19-16-6-4-15(5-7-16)13-21-10-8-20(3)9-11-21/h4-7,14,17,19H,8-13,18H2,1-3H3. The summed E-state index contributed by atoms with van der Waals surface area (Å²) in [5, 5.41) is 3.42. The van der Waals surface area contributed by atoms with Gasteiger partial charge in [-0.1, -0.05) is 26.0 Å². The van der Waals surface area contributed by atoms with Crippen LogP contribution in [0, 0.1) is 5.92 Å². The second-order valence-electron chi connectivity index (χ2n) is 6.57. The Morgan fingerprint density at radius 3 is 2.29 bits per heavy atom. The second kappa shape index (κ2) is 7.78. The minimum absolute atomic E-state index is 0.204. The van der Waals surface area contributed by atoms with Crippen LogP contribution in [-0.2, 0) is 6.54 Å². The van der Waals surface area contributed by atoms with Crippen LogP contribution in [0.5, 0.6) is 0 Å².